The third-order valence-corrected chi connectivity index (χ3v) is 6.44. The van der Waals surface area contributed by atoms with Crippen LogP contribution in [0.2, 0.25) is 0 Å². The fourth-order valence-electron chi connectivity index (χ4n) is 4.84. The molecule has 2 aromatic heterocycles. The molecule has 0 radical (unpaired) electrons. The average molecular weight is 348 g/mol. The second kappa shape index (κ2) is 6.53. The summed E-state index contributed by atoms with van der Waals surface area (Å²) in [6.07, 6.45) is 14.5. The first kappa shape index (κ1) is 16.0. The van der Waals surface area contributed by atoms with E-state index in [1.54, 1.807) is 17.7 Å². The van der Waals surface area contributed by atoms with E-state index in [0.717, 1.165) is 30.7 Å². The lowest BCUT2D eigenvalue weighted by Crippen LogP contribution is -2.17. The van der Waals surface area contributed by atoms with Crippen LogP contribution in [-0.2, 0) is 6.42 Å². The van der Waals surface area contributed by atoms with E-state index in [1.165, 1.54) is 36.8 Å². The first-order valence-corrected chi connectivity index (χ1v) is 9.97. The molecule has 0 N–H and O–H groups in total. The highest BCUT2D eigenvalue weighted by Crippen LogP contribution is 2.44. The Morgan fingerprint density at radius 2 is 1.65 bits per heavy atom. The van der Waals surface area contributed by atoms with Gasteiger partial charge in [-0.1, -0.05) is 18.2 Å². The molecule has 2 aliphatic carbocycles. The van der Waals surface area contributed by atoms with Gasteiger partial charge in [0.25, 0.3) is 0 Å². The number of imidazole rings is 1. The predicted octanol–water partition coefficient (Wildman–Crippen LogP) is 5.87. The maximum absolute atomic E-state index is 14.1. The number of pyridine rings is 1. The van der Waals surface area contributed by atoms with E-state index < -0.39 is 0 Å². The van der Waals surface area contributed by atoms with E-state index in [1.807, 2.05) is 24.7 Å². The highest BCUT2D eigenvalue weighted by atomic mass is 19.1. The second-order valence-corrected chi connectivity index (χ2v) is 8.15. The molecule has 0 amide bonds. The van der Waals surface area contributed by atoms with Crippen LogP contribution in [0.5, 0.6) is 0 Å². The van der Waals surface area contributed by atoms with Crippen LogP contribution in [0.4, 0.5) is 4.39 Å². The minimum atomic E-state index is -0.0315. The van der Waals surface area contributed by atoms with Crippen molar-refractivity contribution in [3.05, 3.63) is 71.6 Å². The van der Waals surface area contributed by atoms with Crippen LogP contribution in [0.1, 0.15) is 67.1 Å². The van der Waals surface area contributed by atoms with Crippen molar-refractivity contribution in [2.24, 2.45) is 5.92 Å². The number of benzene rings is 1. The highest BCUT2D eigenvalue weighted by Gasteiger charge is 2.30. The molecule has 0 unspecified atom stereocenters. The van der Waals surface area contributed by atoms with E-state index in [-0.39, 0.29) is 5.82 Å². The molecule has 2 saturated carbocycles. The van der Waals surface area contributed by atoms with Crippen LogP contribution in [0.25, 0.3) is 5.52 Å². The molecule has 3 heteroatoms. The van der Waals surface area contributed by atoms with Crippen LogP contribution in [0, 0.1) is 11.7 Å². The molecule has 26 heavy (non-hydrogen) atoms. The molecule has 0 atom stereocenters. The first-order valence-electron chi connectivity index (χ1n) is 9.97. The van der Waals surface area contributed by atoms with Crippen LogP contribution in [0.3, 0.4) is 0 Å². The predicted molar refractivity (Wildman–Crippen MR) is 102 cm³/mol. The van der Waals surface area contributed by atoms with Crippen molar-refractivity contribution in [2.45, 2.75) is 56.8 Å². The van der Waals surface area contributed by atoms with E-state index in [0.29, 0.717) is 11.8 Å². The number of aromatic nitrogens is 2. The lowest BCUT2D eigenvalue weighted by atomic mass is 9.76. The molecule has 0 aliphatic heterocycles. The van der Waals surface area contributed by atoms with Gasteiger partial charge in [0.2, 0.25) is 0 Å². The highest BCUT2D eigenvalue weighted by molar-refractivity contribution is 5.58. The van der Waals surface area contributed by atoms with Crippen molar-refractivity contribution < 1.29 is 4.39 Å². The molecule has 3 aromatic rings. The van der Waals surface area contributed by atoms with Crippen LogP contribution >= 0.6 is 0 Å². The molecular weight excluding hydrogens is 323 g/mol. The quantitative estimate of drug-likeness (QED) is 0.576. The maximum atomic E-state index is 14.1. The number of fused-ring (bicyclic) bond motifs is 1. The van der Waals surface area contributed by atoms with Gasteiger partial charge < -0.3 is 4.40 Å². The van der Waals surface area contributed by atoms with Crippen molar-refractivity contribution in [3.63, 3.8) is 0 Å². The summed E-state index contributed by atoms with van der Waals surface area (Å²) in [4.78, 5) is 4.36. The maximum Gasteiger partial charge on any atom is 0.126 e. The SMILES string of the molecule is Fc1ccccc1C1CCC(Cc2c(C3CC3)ccn3cncc23)CC1. The molecule has 2 heterocycles. The lowest BCUT2D eigenvalue weighted by Gasteiger charge is -2.29. The Bertz CT molecular complexity index is 917. The van der Waals surface area contributed by atoms with Gasteiger partial charge in [0.1, 0.15) is 5.82 Å². The number of halogens is 1. The lowest BCUT2D eigenvalue weighted by molar-refractivity contribution is 0.320. The Kier molecular flexibility index (Phi) is 4.03. The van der Waals surface area contributed by atoms with E-state index in [4.69, 9.17) is 0 Å². The summed E-state index contributed by atoms with van der Waals surface area (Å²) in [5, 5.41) is 0. The second-order valence-electron chi connectivity index (χ2n) is 8.15. The van der Waals surface area contributed by atoms with Gasteiger partial charge in [0.15, 0.2) is 0 Å². The summed E-state index contributed by atoms with van der Waals surface area (Å²) in [6.45, 7) is 0. The monoisotopic (exact) mass is 348 g/mol. The molecule has 0 bridgehead atoms. The largest absolute Gasteiger partial charge is 0.306 e. The van der Waals surface area contributed by atoms with Crippen molar-refractivity contribution in [2.75, 3.05) is 0 Å². The average Bonchev–Trinajstić information content (AvgIpc) is 3.39. The van der Waals surface area contributed by atoms with Crippen LogP contribution < -0.4 is 0 Å². The third kappa shape index (κ3) is 2.94. The topological polar surface area (TPSA) is 17.3 Å². The standard InChI is InChI=1S/C23H25FN2/c24-22-4-2-1-3-20(22)18-7-5-16(6-8-18)13-21-19(17-9-10-17)11-12-26-15-25-14-23(21)26/h1-4,11-12,14-18H,5-10,13H2. The van der Waals surface area contributed by atoms with Crippen molar-refractivity contribution >= 4 is 5.52 Å². The van der Waals surface area contributed by atoms with Gasteiger partial charge in [-0.25, -0.2) is 9.37 Å². The summed E-state index contributed by atoms with van der Waals surface area (Å²) in [6, 6.07) is 9.64. The molecule has 0 spiro atoms. The van der Waals surface area contributed by atoms with E-state index >= 15 is 0 Å². The summed E-state index contributed by atoms with van der Waals surface area (Å²) >= 11 is 0. The Morgan fingerprint density at radius 1 is 0.923 bits per heavy atom. The number of hydrogen-bond donors (Lipinski definition) is 0. The summed E-state index contributed by atoms with van der Waals surface area (Å²) in [7, 11) is 0. The fourth-order valence-corrected chi connectivity index (χ4v) is 4.84. The summed E-state index contributed by atoms with van der Waals surface area (Å²) < 4.78 is 16.3. The smallest absolute Gasteiger partial charge is 0.126 e. The molecule has 5 rings (SSSR count). The van der Waals surface area contributed by atoms with Crippen molar-refractivity contribution in [1.29, 1.82) is 0 Å². The van der Waals surface area contributed by atoms with Gasteiger partial charge in [0.05, 0.1) is 18.0 Å². The number of nitrogens with zero attached hydrogens (tertiary/aromatic N) is 2. The Morgan fingerprint density at radius 3 is 2.42 bits per heavy atom. The van der Waals surface area contributed by atoms with Crippen LogP contribution in [0.15, 0.2) is 49.1 Å². The van der Waals surface area contributed by atoms with E-state index in [2.05, 4.69) is 21.6 Å². The first-order chi connectivity index (χ1) is 12.8. The molecule has 2 aliphatic rings. The number of hydrogen-bond acceptors (Lipinski definition) is 1. The Labute approximate surface area is 154 Å². The zero-order chi connectivity index (χ0) is 17.5. The van der Waals surface area contributed by atoms with Gasteiger partial charge in [-0.15, -0.1) is 0 Å². The van der Waals surface area contributed by atoms with Gasteiger partial charge >= 0.3 is 0 Å². The van der Waals surface area contributed by atoms with Gasteiger partial charge in [-0.2, -0.15) is 0 Å². The van der Waals surface area contributed by atoms with E-state index in [9.17, 15) is 4.39 Å². The van der Waals surface area contributed by atoms with Gasteiger partial charge in [-0.05, 0) is 91.5 Å². The fraction of sp³-hybridized carbons (Fsp3) is 0.435. The van der Waals surface area contributed by atoms with Crippen molar-refractivity contribution in [1.82, 2.24) is 9.38 Å². The van der Waals surface area contributed by atoms with Gasteiger partial charge in [0, 0.05) is 6.20 Å². The minimum absolute atomic E-state index is 0.0315. The third-order valence-electron chi connectivity index (χ3n) is 6.44. The molecule has 1 aromatic carbocycles. The molecule has 2 nitrogen and oxygen atoms in total. The molecule has 134 valence electrons. The summed E-state index contributed by atoms with van der Waals surface area (Å²) in [5.74, 6) is 1.83. The zero-order valence-electron chi connectivity index (χ0n) is 15.1. The normalized spacial score (nSPS) is 23.4. The molecule has 0 saturated heterocycles. The Hall–Kier alpha value is -2.16. The zero-order valence-corrected chi connectivity index (χ0v) is 15.1. The summed E-state index contributed by atoms with van der Waals surface area (Å²) in [5.41, 5.74) is 5.27. The number of rotatable bonds is 4. The molecule has 2 fully saturated rings. The van der Waals surface area contributed by atoms with Gasteiger partial charge in [-0.3, -0.25) is 0 Å². The Balaban J connectivity index is 1.34. The van der Waals surface area contributed by atoms with Crippen molar-refractivity contribution in [3.8, 4) is 0 Å². The molecular formula is C23H25FN2. The van der Waals surface area contributed by atoms with Crippen LogP contribution in [-0.4, -0.2) is 9.38 Å². The minimum Gasteiger partial charge on any atom is -0.306 e.